The third-order valence-corrected chi connectivity index (χ3v) is 5.76. The van der Waals surface area contributed by atoms with Crippen molar-refractivity contribution in [1.29, 1.82) is 0 Å². The smallest absolute Gasteiger partial charge is 0.348 e. The summed E-state index contributed by atoms with van der Waals surface area (Å²) in [6.07, 6.45) is -2.57. The lowest BCUT2D eigenvalue weighted by Crippen LogP contribution is -2.28. The fourth-order valence-electron chi connectivity index (χ4n) is 4.00. The minimum absolute atomic E-state index is 0.0960. The van der Waals surface area contributed by atoms with Gasteiger partial charge in [0.25, 0.3) is 11.5 Å². The van der Waals surface area contributed by atoms with Gasteiger partial charge in [0.05, 0.1) is 17.2 Å². The summed E-state index contributed by atoms with van der Waals surface area (Å²) in [5, 5.41) is 2.82. The molecule has 1 atom stereocenters. The Bertz CT molecular complexity index is 1200. The Balaban J connectivity index is 1.82. The van der Waals surface area contributed by atoms with Gasteiger partial charge in [0.1, 0.15) is 0 Å². The van der Waals surface area contributed by atoms with Gasteiger partial charge in [-0.1, -0.05) is 12.1 Å². The number of halogens is 3. The topological polar surface area (TPSA) is 66.9 Å². The number of carbonyl (C=O) groups is 1. The van der Waals surface area contributed by atoms with Gasteiger partial charge in [0.15, 0.2) is 0 Å². The van der Waals surface area contributed by atoms with E-state index in [9.17, 15) is 22.8 Å². The molecule has 8 heteroatoms. The first kappa shape index (κ1) is 23.4. The fraction of sp³-hybridized carbons (Fsp3) is 0.333. The Labute approximate surface area is 184 Å². The van der Waals surface area contributed by atoms with E-state index in [4.69, 9.17) is 0 Å². The second kappa shape index (κ2) is 8.68. The minimum Gasteiger partial charge on any atom is -0.348 e. The molecule has 0 saturated carbocycles. The van der Waals surface area contributed by atoms with Crippen LogP contribution in [0.2, 0.25) is 0 Å². The van der Waals surface area contributed by atoms with Crippen LogP contribution >= 0.6 is 0 Å². The molecular weight excluding hydrogens is 419 g/mol. The van der Waals surface area contributed by atoms with E-state index >= 15 is 0 Å². The lowest BCUT2D eigenvalue weighted by Gasteiger charge is -2.18. The van der Waals surface area contributed by atoms with Crippen molar-refractivity contribution < 1.29 is 18.0 Å². The van der Waals surface area contributed by atoms with Crippen LogP contribution in [-0.4, -0.2) is 15.5 Å². The molecule has 170 valence electrons. The molecule has 3 rings (SSSR count). The number of benzene rings is 1. The maximum absolute atomic E-state index is 12.9. The zero-order valence-electron chi connectivity index (χ0n) is 18.6. The van der Waals surface area contributed by atoms with E-state index in [1.807, 2.05) is 37.6 Å². The van der Waals surface area contributed by atoms with Crippen molar-refractivity contribution in [3.8, 4) is 0 Å². The summed E-state index contributed by atoms with van der Waals surface area (Å²) in [5.41, 5.74) is 3.75. The number of aryl methyl sites for hydroxylation is 3. The number of carbonyl (C=O) groups excluding carboxylic acids is 1. The van der Waals surface area contributed by atoms with E-state index in [1.54, 1.807) is 13.8 Å². The number of H-pyrrole nitrogens is 1. The molecule has 1 amide bonds. The summed E-state index contributed by atoms with van der Waals surface area (Å²) >= 11 is 0. The zero-order chi connectivity index (χ0) is 23.8. The summed E-state index contributed by atoms with van der Waals surface area (Å²) in [5.74, 6) is -0.308. The van der Waals surface area contributed by atoms with Gasteiger partial charge < -0.3 is 14.9 Å². The number of amides is 1. The second-order valence-corrected chi connectivity index (χ2v) is 8.10. The molecule has 0 spiro atoms. The lowest BCUT2D eigenvalue weighted by molar-refractivity contribution is -0.137. The maximum Gasteiger partial charge on any atom is 0.416 e. The van der Waals surface area contributed by atoms with Gasteiger partial charge in [-0.25, -0.2) is 0 Å². The van der Waals surface area contributed by atoms with Gasteiger partial charge in [-0.15, -0.1) is 0 Å². The van der Waals surface area contributed by atoms with E-state index in [2.05, 4.69) is 10.3 Å². The van der Waals surface area contributed by atoms with E-state index < -0.39 is 11.7 Å². The van der Waals surface area contributed by atoms with Crippen molar-refractivity contribution in [2.45, 2.75) is 53.4 Å². The number of hydrogen-bond acceptors (Lipinski definition) is 2. The predicted molar refractivity (Wildman–Crippen MR) is 117 cm³/mol. The van der Waals surface area contributed by atoms with Crippen LogP contribution in [0.1, 0.15) is 62.5 Å². The Hall–Kier alpha value is -3.29. The van der Waals surface area contributed by atoms with Crippen molar-refractivity contribution in [3.63, 3.8) is 0 Å². The summed E-state index contributed by atoms with van der Waals surface area (Å²) in [4.78, 5) is 27.8. The molecule has 32 heavy (non-hydrogen) atoms. The highest BCUT2D eigenvalue weighted by atomic mass is 19.4. The molecule has 3 aromatic rings. The highest BCUT2D eigenvalue weighted by molar-refractivity contribution is 5.96. The summed E-state index contributed by atoms with van der Waals surface area (Å²) in [6, 6.07) is 6.61. The first-order chi connectivity index (χ1) is 14.9. The van der Waals surface area contributed by atoms with Crippen LogP contribution in [0.15, 0.2) is 41.3 Å². The van der Waals surface area contributed by atoms with Crippen molar-refractivity contribution >= 4 is 5.91 Å². The van der Waals surface area contributed by atoms with Crippen LogP contribution in [0, 0.1) is 27.7 Å². The van der Waals surface area contributed by atoms with Crippen molar-refractivity contribution in [1.82, 2.24) is 14.9 Å². The molecule has 2 heterocycles. The molecule has 5 nitrogen and oxygen atoms in total. The molecule has 1 aromatic carbocycles. The fourth-order valence-corrected chi connectivity index (χ4v) is 4.00. The van der Waals surface area contributed by atoms with Crippen LogP contribution in [0.25, 0.3) is 0 Å². The summed E-state index contributed by atoms with van der Waals surface area (Å²) in [7, 11) is 0. The molecular formula is C24H26F3N3O2. The Morgan fingerprint density at radius 3 is 2.28 bits per heavy atom. The van der Waals surface area contributed by atoms with Crippen LogP contribution in [0.5, 0.6) is 0 Å². The van der Waals surface area contributed by atoms with Crippen LogP contribution in [-0.2, 0) is 12.7 Å². The third kappa shape index (κ3) is 4.64. The normalized spacial score (nSPS) is 12.6. The van der Waals surface area contributed by atoms with E-state index in [1.165, 1.54) is 12.1 Å². The predicted octanol–water partition coefficient (Wildman–Crippen LogP) is 4.97. The lowest BCUT2D eigenvalue weighted by atomic mass is 10.1. The van der Waals surface area contributed by atoms with Crippen LogP contribution in [0.4, 0.5) is 13.2 Å². The largest absolute Gasteiger partial charge is 0.416 e. The quantitative estimate of drug-likeness (QED) is 0.583. The zero-order valence-corrected chi connectivity index (χ0v) is 18.6. The molecule has 0 bridgehead atoms. The van der Waals surface area contributed by atoms with Gasteiger partial charge in [-0.2, -0.15) is 13.2 Å². The average molecular weight is 445 g/mol. The van der Waals surface area contributed by atoms with Crippen LogP contribution in [0.3, 0.4) is 0 Å². The van der Waals surface area contributed by atoms with Gasteiger partial charge in [-0.05, 0) is 69.5 Å². The first-order valence-corrected chi connectivity index (χ1v) is 10.2. The van der Waals surface area contributed by atoms with E-state index in [0.717, 1.165) is 29.0 Å². The number of rotatable bonds is 5. The first-order valence-electron chi connectivity index (χ1n) is 10.2. The summed E-state index contributed by atoms with van der Waals surface area (Å²) < 4.78 is 40.4. The van der Waals surface area contributed by atoms with Gasteiger partial charge in [-0.3, -0.25) is 9.59 Å². The summed E-state index contributed by atoms with van der Waals surface area (Å²) in [6.45, 7) is 9.19. The van der Waals surface area contributed by atoms with Crippen molar-refractivity contribution in [2.75, 3.05) is 0 Å². The third-order valence-electron chi connectivity index (χ3n) is 5.76. The SMILES string of the molecule is Cc1cc(C)c(CNC(=O)c2c(C)cn(C(C)c3ccc(C(F)(F)F)cc3)c2C)c(=O)[nH]1. The minimum atomic E-state index is -4.38. The van der Waals surface area contributed by atoms with Crippen molar-refractivity contribution in [2.24, 2.45) is 0 Å². The highest BCUT2D eigenvalue weighted by Gasteiger charge is 2.30. The second-order valence-electron chi connectivity index (χ2n) is 8.10. The van der Waals surface area contributed by atoms with Gasteiger partial charge in [0.2, 0.25) is 0 Å². The number of hydrogen-bond donors (Lipinski definition) is 2. The monoisotopic (exact) mass is 445 g/mol. The molecule has 0 saturated heterocycles. The molecule has 0 aliphatic carbocycles. The molecule has 2 aromatic heterocycles. The Kier molecular flexibility index (Phi) is 6.34. The molecule has 1 unspecified atom stereocenters. The molecule has 0 fully saturated rings. The highest BCUT2D eigenvalue weighted by Crippen LogP contribution is 2.31. The number of nitrogens with one attached hydrogen (secondary N) is 2. The number of aromatic nitrogens is 2. The van der Waals surface area contributed by atoms with E-state index in [0.29, 0.717) is 22.4 Å². The van der Waals surface area contributed by atoms with Gasteiger partial charge >= 0.3 is 6.18 Å². The maximum atomic E-state index is 12.9. The van der Waals surface area contributed by atoms with E-state index in [-0.39, 0.29) is 24.1 Å². The Morgan fingerprint density at radius 1 is 1.09 bits per heavy atom. The number of alkyl halides is 3. The molecule has 0 aliphatic rings. The number of nitrogens with zero attached hydrogens (tertiary/aromatic N) is 1. The average Bonchev–Trinajstić information content (AvgIpc) is 3.00. The number of pyridine rings is 1. The van der Waals surface area contributed by atoms with Crippen LogP contribution < -0.4 is 10.9 Å². The molecule has 2 N–H and O–H groups in total. The number of aromatic amines is 1. The standard InChI is InChI=1S/C24H26F3N3O2/c1-13-10-15(3)29-22(31)20(13)11-28-23(32)21-14(2)12-30(17(21)5)16(4)18-6-8-19(9-7-18)24(25,26)27/h6-10,12,16H,11H2,1-5H3,(H,28,32)(H,29,31). The molecule has 0 radical (unpaired) electrons. The van der Waals surface area contributed by atoms with Crippen molar-refractivity contribution in [3.05, 3.63) is 91.7 Å². The van der Waals surface area contributed by atoms with Gasteiger partial charge in [0, 0.05) is 29.7 Å². The Morgan fingerprint density at radius 2 is 1.72 bits per heavy atom. The molecule has 0 aliphatic heterocycles.